The third-order valence-electron chi connectivity index (χ3n) is 3.05. The summed E-state index contributed by atoms with van der Waals surface area (Å²) >= 11 is 0. The second-order valence-corrected chi connectivity index (χ2v) is 6.34. The monoisotopic (exact) mass is 257 g/mol. The molecule has 0 aromatic rings. The molecule has 0 heterocycles. The number of rotatable bonds is 9. The molecule has 0 radical (unpaired) electrons. The highest BCUT2D eigenvalue weighted by atomic mass is 16.3. The van der Waals surface area contributed by atoms with Gasteiger partial charge in [0.25, 0.3) is 0 Å². The summed E-state index contributed by atoms with van der Waals surface area (Å²) in [5.74, 6) is 0.822. The lowest BCUT2D eigenvalue weighted by Gasteiger charge is -2.23. The van der Waals surface area contributed by atoms with E-state index in [1.807, 2.05) is 13.8 Å². The molecule has 0 saturated carbocycles. The summed E-state index contributed by atoms with van der Waals surface area (Å²) in [6, 6.07) is 0.365. The maximum Gasteiger partial charge on any atom is 0.138 e. The quantitative estimate of drug-likeness (QED) is 0.667. The topological polar surface area (TPSA) is 49.3 Å². The molecule has 0 saturated heterocycles. The van der Waals surface area contributed by atoms with Crippen LogP contribution in [0.25, 0.3) is 0 Å². The van der Waals surface area contributed by atoms with Gasteiger partial charge in [-0.05, 0) is 18.8 Å². The highest BCUT2D eigenvalue weighted by molar-refractivity contribution is 5.82. The van der Waals surface area contributed by atoms with Crippen molar-refractivity contribution in [3.63, 3.8) is 0 Å². The van der Waals surface area contributed by atoms with E-state index in [9.17, 15) is 9.90 Å². The predicted octanol–water partition coefficient (Wildman–Crippen LogP) is 2.62. The molecule has 3 heteroatoms. The Bertz CT molecular complexity index is 237. The number of nitrogens with one attached hydrogen (secondary N) is 1. The molecule has 18 heavy (non-hydrogen) atoms. The van der Waals surface area contributed by atoms with E-state index < -0.39 is 6.10 Å². The molecule has 0 aliphatic heterocycles. The van der Waals surface area contributed by atoms with Crippen LogP contribution in [-0.2, 0) is 4.79 Å². The number of carbonyl (C=O) groups is 1. The van der Waals surface area contributed by atoms with E-state index in [2.05, 4.69) is 33.0 Å². The Hall–Kier alpha value is -0.410. The molecule has 108 valence electrons. The molecule has 1 unspecified atom stereocenters. The minimum absolute atomic E-state index is 0.00559. The van der Waals surface area contributed by atoms with Gasteiger partial charge < -0.3 is 10.4 Å². The summed E-state index contributed by atoms with van der Waals surface area (Å²) in [7, 11) is 0. The Morgan fingerprint density at radius 3 is 2.00 bits per heavy atom. The summed E-state index contributed by atoms with van der Waals surface area (Å²) in [6.45, 7) is 12.8. The first kappa shape index (κ1) is 17.6. The predicted molar refractivity (Wildman–Crippen MR) is 76.6 cm³/mol. The third kappa shape index (κ3) is 7.83. The van der Waals surface area contributed by atoms with Crippen LogP contribution in [0.15, 0.2) is 0 Å². The normalized spacial score (nSPS) is 15.4. The van der Waals surface area contributed by atoms with Gasteiger partial charge in [-0.3, -0.25) is 4.79 Å². The van der Waals surface area contributed by atoms with Crippen molar-refractivity contribution < 1.29 is 9.90 Å². The molecule has 0 spiro atoms. The Morgan fingerprint density at radius 1 is 1.06 bits per heavy atom. The van der Waals surface area contributed by atoms with Gasteiger partial charge in [0.1, 0.15) is 5.78 Å². The van der Waals surface area contributed by atoms with Crippen LogP contribution in [0.2, 0.25) is 0 Å². The molecule has 0 bridgehead atoms. The maximum atomic E-state index is 12.1. The van der Waals surface area contributed by atoms with Gasteiger partial charge in [0.2, 0.25) is 0 Å². The molecule has 0 aromatic heterocycles. The Balaban J connectivity index is 4.35. The Labute approximate surface area is 112 Å². The van der Waals surface area contributed by atoms with E-state index >= 15 is 0 Å². The zero-order valence-electron chi connectivity index (χ0n) is 12.9. The van der Waals surface area contributed by atoms with Gasteiger partial charge in [0, 0.05) is 24.4 Å². The zero-order chi connectivity index (χ0) is 14.3. The lowest BCUT2D eigenvalue weighted by atomic mass is 9.84. The van der Waals surface area contributed by atoms with E-state index in [0.29, 0.717) is 24.9 Å². The maximum absolute atomic E-state index is 12.1. The van der Waals surface area contributed by atoms with Crippen molar-refractivity contribution in [2.24, 2.45) is 17.8 Å². The molecule has 0 amide bonds. The third-order valence-corrected chi connectivity index (χ3v) is 3.05. The fourth-order valence-corrected chi connectivity index (χ4v) is 2.15. The highest BCUT2D eigenvalue weighted by Gasteiger charge is 2.24. The van der Waals surface area contributed by atoms with Crippen LogP contribution >= 0.6 is 0 Å². The molecule has 2 N–H and O–H groups in total. The van der Waals surface area contributed by atoms with Gasteiger partial charge in [-0.25, -0.2) is 0 Å². The first-order valence-electron chi connectivity index (χ1n) is 7.19. The number of ketones is 1. The second-order valence-electron chi connectivity index (χ2n) is 6.34. The number of carbonyl (C=O) groups excluding carboxylic acids is 1. The van der Waals surface area contributed by atoms with E-state index in [1.165, 1.54) is 0 Å². The van der Waals surface area contributed by atoms with Crippen LogP contribution in [0, 0.1) is 17.8 Å². The average molecular weight is 257 g/mol. The van der Waals surface area contributed by atoms with E-state index in [1.54, 1.807) is 0 Å². The summed E-state index contributed by atoms with van der Waals surface area (Å²) in [5, 5.41) is 13.2. The van der Waals surface area contributed by atoms with Crippen LogP contribution in [-0.4, -0.2) is 29.6 Å². The molecule has 0 aromatic carbocycles. The number of hydrogen-bond acceptors (Lipinski definition) is 3. The minimum atomic E-state index is -0.432. The zero-order valence-corrected chi connectivity index (χ0v) is 12.9. The number of Topliss-reactive ketones (excluding diaryl/α,β-unsaturated/α-hetero) is 1. The van der Waals surface area contributed by atoms with Gasteiger partial charge in [-0.1, -0.05) is 41.5 Å². The largest absolute Gasteiger partial charge is 0.392 e. The first-order chi connectivity index (χ1) is 8.23. The van der Waals surface area contributed by atoms with Crippen LogP contribution in [0.1, 0.15) is 54.4 Å². The fraction of sp³-hybridized carbons (Fsp3) is 0.933. The van der Waals surface area contributed by atoms with Gasteiger partial charge in [-0.15, -0.1) is 0 Å². The molecule has 0 fully saturated rings. The van der Waals surface area contributed by atoms with Gasteiger partial charge in [0.05, 0.1) is 6.10 Å². The fourth-order valence-electron chi connectivity index (χ4n) is 2.15. The summed E-state index contributed by atoms with van der Waals surface area (Å²) in [5.41, 5.74) is 0. The second kappa shape index (κ2) is 8.65. The molecule has 2 atom stereocenters. The first-order valence-corrected chi connectivity index (χ1v) is 7.19. The van der Waals surface area contributed by atoms with Crippen LogP contribution in [0.5, 0.6) is 0 Å². The van der Waals surface area contributed by atoms with Crippen molar-refractivity contribution in [3.8, 4) is 0 Å². The SMILES string of the molecule is CC(C)CC(C[C@H](O)CNC(C)C)C(=O)C(C)C. The highest BCUT2D eigenvalue weighted by Crippen LogP contribution is 2.21. The molecule has 0 aliphatic carbocycles. The van der Waals surface area contributed by atoms with Crippen molar-refractivity contribution in [3.05, 3.63) is 0 Å². The Kier molecular flexibility index (Phi) is 8.45. The number of aliphatic hydroxyl groups excluding tert-OH is 1. The van der Waals surface area contributed by atoms with Gasteiger partial charge in [0.15, 0.2) is 0 Å². The molecule has 0 rings (SSSR count). The summed E-state index contributed by atoms with van der Waals surface area (Å²) in [6.07, 6.45) is 1.02. The average Bonchev–Trinajstić information content (AvgIpc) is 2.23. The lowest BCUT2D eigenvalue weighted by Crippen LogP contribution is -2.35. The van der Waals surface area contributed by atoms with E-state index in [-0.39, 0.29) is 17.6 Å². The van der Waals surface area contributed by atoms with Crippen molar-refractivity contribution in [1.82, 2.24) is 5.32 Å². The van der Waals surface area contributed by atoms with Crippen LogP contribution < -0.4 is 5.32 Å². The number of aliphatic hydroxyl groups is 1. The van der Waals surface area contributed by atoms with Crippen molar-refractivity contribution in [2.75, 3.05) is 6.54 Å². The minimum Gasteiger partial charge on any atom is -0.392 e. The van der Waals surface area contributed by atoms with Crippen LogP contribution in [0.4, 0.5) is 0 Å². The smallest absolute Gasteiger partial charge is 0.138 e. The van der Waals surface area contributed by atoms with Crippen molar-refractivity contribution >= 4 is 5.78 Å². The van der Waals surface area contributed by atoms with E-state index in [0.717, 1.165) is 6.42 Å². The van der Waals surface area contributed by atoms with Gasteiger partial charge in [-0.2, -0.15) is 0 Å². The standard InChI is InChI=1S/C15H31NO2/c1-10(2)7-13(15(18)11(3)4)8-14(17)9-16-12(5)6/h10-14,16-17H,7-9H2,1-6H3/t13?,14-/m0/s1. The van der Waals surface area contributed by atoms with Crippen LogP contribution in [0.3, 0.4) is 0 Å². The lowest BCUT2D eigenvalue weighted by molar-refractivity contribution is -0.127. The molecular weight excluding hydrogens is 226 g/mol. The Morgan fingerprint density at radius 2 is 1.61 bits per heavy atom. The molecular formula is C15H31NO2. The molecule has 0 aliphatic rings. The van der Waals surface area contributed by atoms with E-state index in [4.69, 9.17) is 0 Å². The summed E-state index contributed by atoms with van der Waals surface area (Å²) in [4.78, 5) is 12.1. The van der Waals surface area contributed by atoms with Gasteiger partial charge >= 0.3 is 0 Å². The summed E-state index contributed by atoms with van der Waals surface area (Å²) < 4.78 is 0. The molecule has 3 nitrogen and oxygen atoms in total. The van der Waals surface area contributed by atoms with Crippen molar-refractivity contribution in [2.45, 2.75) is 66.5 Å². The number of hydrogen-bond donors (Lipinski definition) is 2. The van der Waals surface area contributed by atoms with Crippen molar-refractivity contribution in [1.29, 1.82) is 0 Å².